The lowest BCUT2D eigenvalue weighted by atomic mass is 10.1. The van der Waals surface area contributed by atoms with Crippen LogP contribution in [0.2, 0.25) is 0 Å². The third-order valence-electron chi connectivity index (χ3n) is 3.90. The molecule has 3 aromatic rings. The number of benzene rings is 1. The van der Waals surface area contributed by atoms with E-state index in [0.29, 0.717) is 0 Å². The number of hydrogen-bond acceptors (Lipinski definition) is 4. The van der Waals surface area contributed by atoms with Gasteiger partial charge >= 0.3 is 0 Å². The lowest BCUT2D eigenvalue weighted by molar-refractivity contribution is 0.112. The number of para-hydroxylation sites is 1. The number of carbonyl (C=O) groups is 1. The van der Waals surface area contributed by atoms with E-state index in [4.69, 9.17) is 4.98 Å². The summed E-state index contributed by atoms with van der Waals surface area (Å²) < 4.78 is 0. The van der Waals surface area contributed by atoms with Crippen molar-refractivity contribution in [2.45, 2.75) is 19.3 Å². The fourth-order valence-electron chi connectivity index (χ4n) is 2.86. The number of nitrogens with one attached hydrogen (secondary N) is 1. The fourth-order valence-corrected chi connectivity index (χ4v) is 3.93. The number of thiophene rings is 1. The first kappa shape index (κ1) is 12.5. The second-order valence-corrected chi connectivity index (χ2v) is 6.25. The number of carbonyl (C=O) groups excluding carboxylic acids is 1. The summed E-state index contributed by atoms with van der Waals surface area (Å²) in [7, 11) is 0. The Kier molecular flexibility index (Phi) is 2.97. The van der Waals surface area contributed by atoms with E-state index in [0.717, 1.165) is 45.6 Å². The van der Waals surface area contributed by atoms with E-state index >= 15 is 0 Å². The average molecular weight is 294 g/mol. The third kappa shape index (κ3) is 2.12. The molecule has 1 aliphatic rings. The Morgan fingerprint density at radius 1 is 1.19 bits per heavy atom. The van der Waals surface area contributed by atoms with Crippen LogP contribution in [-0.4, -0.2) is 11.3 Å². The maximum Gasteiger partial charge on any atom is 0.153 e. The summed E-state index contributed by atoms with van der Waals surface area (Å²) in [4.78, 5) is 17.2. The SMILES string of the molecule is O=Cc1c(Nc2ccccc2)sc2nc3c(cc12)CCC3. The van der Waals surface area contributed by atoms with Crippen LogP contribution in [0, 0.1) is 0 Å². The lowest BCUT2D eigenvalue weighted by Gasteiger charge is -2.03. The Balaban J connectivity index is 1.84. The maximum atomic E-state index is 11.5. The highest BCUT2D eigenvalue weighted by Crippen LogP contribution is 2.37. The molecule has 0 aliphatic heterocycles. The van der Waals surface area contributed by atoms with Gasteiger partial charge in [-0.3, -0.25) is 4.79 Å². The molecule has 2 aromatic heterocycles. The molecule has 104 valence electrons. The number of aryl methyl sites for hydroxylation is 2. The Bertz CT molecular complexity index is 824. The van der Waals surface area contributed by atoms with Crippen molar-refractivity contribution in [3.05, 3.63) is 53.2 Å². The van der Waals surface area contributed by atoms with Gasteiger partial charge in [-0.2, -0.15) is 0 Å². The lowest BCUT2D eigenvalue weighted by Crippen LogP contribution is -1.91. The number of fused-ring (bicyclic) bond motifs is 2. The van der Waals surface area contributed by atoms with Crippen LogP contribution in [-0.2, 0) is 12.8 Å². The molecule has 0 saturated heterocycles. The molecule has 0 bridgehead atoms. The van der Waals surface area contributed by atoms with E-state index in [9.17, 15) is 4.79 Å². The molecule has 0 fully saturated rings. The van der Waals surface area contributed by atoms with Gasteiger partial charge in [-0.25, -0.2) is 4.98 Å². The smallest absolute Gasteiger partial charge is 0.153 e. The van der Waals surface area contributed by atoms with Gasteiger partial charge in [0.1, 0.15) is 9.83 Å². The molecular formula is C17H14N2OS. The Labute approximate surface area is 126 Å². The van der Waals surface area contributed by atoms with Crippen molar-refractivity contribution in [3.63, 3.8) is 0 Å². The molecule has 0 spiro atoms. The van der Waals surface area contributed by atoms with Gasteiger partial charge in [0.15, 0.2) is 6.29 Å². The summed E-state index contributed by atoms with van der Waals surface area (Å²) in [6.07, 6.45) is 4.24. The van der Waals surface area contributed by atoms with Crippen molar-refractivity contribution in [3.8, 4) is 0 Å². The van der Waals surface area contributed by atoms with Crippen LogP contribution < -0.4 is 5.32 Å². The van der Waals surface area contributed by atoms with Crippen LogP contribution in [0.1, 0.15) is 28.0 Å². The Morgan fingerprint density at radius 3 is 2.86 bits per heavy atom. The van der Waals surface area contributed by atoms with Gasteiger partial charge in [0.2, 0.25) is 0 Å². The van der Waals surface area contributed by atoms with Crippen molar-refractivity contribution in [1.29, 1.82) is 0 Å². The molecule has 1 aliphatic carbocycles. The number of hydrogen-bond donors (Lipinski definition) is 1. The molecule has 0 saturated carbocycles. The van der Waals surface area contributed by atoms with Crippen molar-refractivity contribution in [2.24, 2.45) is 0 Å². The maximum absolute atomic E-state index is 11.5. The Morgan fingerprint density at radius 2 is 2.05 bits per heavy atom. The summed E-state index contributed by atoms with van der Waals surface area (Å²) in [6.45, 7) is 0. The molecule has 4 heteroatoms. The molecular weight excluding hydrogens is 280 g/mol. The summed E-state index contributed by atoms with van der Waals surface area (Å²) in [5.41, 5.74) is 4.21. The van der Waals surface area contributed by atoms with Crippen LogP contribution >= 0.6 is 11.3 Å². The van der Waals surface area contributed by atoms with Gasteiger partial charge in [0.05, 0.1) is 5.56 Å². The Hall–Kier alpha value is -2.20. The minimum absolute atomic E-state index is 0.723. The average Bonchev–Trinajstić information content (AvgIpc) is 3.08. The largest absolute Gasteiger partial charge is 0.347 e. The first-order valence-electron chi connectivity index (χ1n) is 7.07. The molecule has 0 atom stereocenters. The van der Waals surface area contributed by atoms with Gasteiger partial charge in [0.25, 0.3) is 0 Å². The van der Waals surface area contributed by atoms with Crippen LogP contribution in [0.25, 0.3) is 10.2 Å². The van der Waals surface area contributed by atoms with E-state index in [1.807, 2.05) is 30.3 Å². The molecule has 0 radical (unpaired) electrons. The van der Waals surface area contributed by atoms with Crippen LogP contribution in [0.3, 0.4) is 0 Å². The first-order valence-corrected chi connectivity index (χ1v) is 7.89. The fraction of sp³-hybridized carbons (Fsp3) is 0.176. The number of anilines is 2. The molecule has 3 nitrogen and oxygen atoms in total. The quantitative estimate of drug-likeness (QED) is 0.731. The summed E-state index contributed by atoms with van der Waals surface area (Å²) in [5, 5.41) is 5.19. The van der Waals surface area contributed by atoms with E-state index in [1.165, 1.54) is 17.7 Å². The van der Waals surface area contributed by atoms with Crippen molar-refractivity contribution in [1.82, 2.24) is 4.98 Å². The zero-order valence-corrected chi connectivity index (χ0v) is 12.2. The number of aldehydes is 1. The minimum atomic E-state index is 0.723. The van der Waals surface area contributed by atoms with Gasteiger partial charge in [-0.15, -0.1) is 0 Å². The molecule has 1 aromatic carbocycles. The van der Waals surface area contributed by atoms with Gasteiger partial charge in [-0.05, 0) is 43.0 Å². The zero-order chi connectivity index (χ0) is 14.2. The van der Waals surface area contributed by atoms with E-state index in [-0.39, 0.29) is 0 Å². The van der Waals surface area contributed by atoms with E-state index < -0.39 is 0 Å². The topological polar surface area (TPSA) is 42.0 Å². The number of nitrogens with zero attached hydrogens (tertiary/aromatic N) is 1. The highest BCUT2D eigenvalue weighted by molar-refractivity contribution is 7.23. The predicted molar refractivity (Wildman–Crippen MR) is 86.8 cm³/mol. The summed E-state index contributed by atoms with van der Waals surface area (Å²) >= 11 is 1.56. The molecule has 2 heterocycles. The molecule has 0 amide bonds. The van der Waals surface area contributed by atoms with Crippen LogP contribution in [0.15, 0.2) is 36.4 Å². The van der Waals surface area contributed by atoms with Crippen molar-refractivity contribution >= 4 is 38.5 Å². The number of rotatable bonds is 3. The van der Waals surface area contributed by atoms with Gasteiger partial charge < -0.3 is 5.32 Å². The zero-order valence-electron chi connectivity index (χ0n) is 11.4. The molecule has 4 rings (SSSR count). The number of aromatic nitrogens is 1. The monoisotopic (exact) mass is 294 g/mol. The standard InChI is InChI=1S/C17H14N2OS/c20-10-14-13-9-11-5-4-8-15(11)19-16(13)21-17(14)18-12-6-2-1-3-7-12/h1-3,6-7,9-10,18H,4-5,8H2. The van der Waals surface area contributed by atoms with E-state index in [2.05, 4.69) is 11.4 Å². The molecule has 1 N–H and O–H groups in total. The third-order valence-corrected chi connectivity index (χ3v) is 4.93. The van der Waals surface area contributed by atoms with Gasteiger partial charge in [-0.1, -0.05) is 29.5 Å². The van der Waals surface area contributed by atoms with Crippen molar-refractivity contribution in [2.75, 3.05) is 5.32 Å². The van der Waals surface area contributed by atoms with E-state index in [1.54, 1.807) is 11.3 Å². The second kappa shape index (κ2) is 4.97. The summed E-state index contributed by atoms with van der Waals surface area (Å²) in [6, 6.07) is 12.1. The summed E-state index contributed by atoms with van der Waals surface area (Å²) in [5.74, 6) is 0. The number of pyridine rings is 1. The molecule has 0 unspecified atom stereocenters. The predicted octanol–water partition coefficient (Wildman–Crippen LogP) is 4.34. The normalized spacial score (nSPS) is 13.3. The first-order chi connectivity index (χ1) is 10.3. The highest BCUT2D eigenvalue weighted by atomic mass is 32.1. The minimum Gasteiger partial charge on any atom is -0.347 e. The van der Waals surface area contributed by atoms with Crippen LogP contribution in [0.5, 0.6) is 0 Å². The van der Waals surface area contributed by atoms with Gasteiger partial charge in [0, 0.05) is 16.8 Å². The highest BCUT2D eigenvalue weighted by Gasteiger charge is 2.18. The van der Waals surface area contributed by atoms with Crippen LogP contribution in [0.4, 0.5) is 10.7 Å². The second-order valence-electron chi connectivity index (χ2n) is 5.25. The van der Waals surface area contributed by atoms with Crippen molar-refractivity contribution < 1.29 is 4.79 Å². The molecule has 21 heavy (non-hydrogen) atoms.